The van der Waals surface area contributed by atoms with Gasteiger partial charge in [0.05, 0.1) is 0 Å². The number of hydrogen-bond donors (Lipinski definition) is 0. The molecule has 0 spiro atoms. The number of esters is 1. The van der Waals surface area contributed by atoms with Crippen molar-refractivity contribution in [1.82, 2.24) is 0 Å². The highest BCUT2D eigenvalue weighted by atomic mass is 16.5. The summed E-state index contributed by atoms with van der Waals surface area (Å²) in [5, 5.41) is 0. The van der Waals surface area contributed by atoms with E-state index in [1.54, 1.807) is 0 Å². The molecule has 0 aliphatic heterocycles. The van der Waals surface area contributed by atoms with E-state index in [1.807, 2.05) is 0 Å². The van der Waals surface area contributed by atoms with Crippen LogP contribution in [-0.2, 0) is 9.53 Å². The molecule has 0 N–H and O–H groups in total. The summed E-state index contributed by atoms with van der Waals surface area (Å²) in [6.07, 6.45) is 17.3. The number of carbonyl (C=O) groups excluding carboxylic acids is 1. The predicted octanol–water partition coefficient (Wildman–Crippen LogP) is 4.74. The Morgan fingerprint density at radius 1 is 0.957 bits per heavy atom. The molecule has 5 rings (SSSR count). The van der Waals surface area contributed by atoms with Crippen LogP contribution in [0.1, 0.15) is 64.2 Å². The van der Waals surface area contributed by atoms with Crippen LogP contribution in [0.25, 0.3) is 0 Å². The Morgan fingerprint density at radius 3 is 2.57 bits per heavy atom. The molecule has 4 saturated carbocycles. The Labute approximate surface area is 140 Å². The lowest BCUT2D eigenvalue weighted by Crippen LogP contribution is -2.31. The van der Waals surface area contributed by atoms with E-state index >= 15 is 0 Å². The fourth-order valence-electron chi connectivity index (χ4n) is 7.22. The van der Waals surface area contributed by atoms with Gasteiger partial charge in [0.1, 0.15) is 6.10 Å². The summed E-state index contributed by atoms with van der Waals surface area (Å²) in [7, 11) is 0. The lowest BCUT2D eigenvalue weighted by Gasteiger charge is -2.36. The minimum Gasteiger partial charge on any atom is -0.462 e. The van der Waals surface area contributed by atoms with Gasteiger partial charge in [-0.05, 0) is 92.8 Å². The number of rotatable bonds is 4. The Morgan fingerprint density at radius 2 is 1.74 bits per heavy atom. The highest BCUT2D eigenvalue weighted by Gasteiger charge is 2.60. The number of fused-ring (bicyclic) bond motifs is 9. The zero-order valence-electron chi connectivity index (χ0n) is 14.2. The molecule has 7 atom stereocenters. The molecule has 126 valence electrons. The second-order valence-corrected chi connectivity index (χ2v) is 9.05. The summed E-state index contributed by atoms with van der Waals surface area (Å²) >= 11 is 0. The molecule has 5 aliphatic rings. The molecule has 23 heavy (non-hydrogen) atoms. The molecule has 0 aromatic carbocycles. The molecule has 0 aromatic rings. The van der Waals surface area contributed by atoms with Crippen molar-refractivity contribution in [3.05, 3.63) is 12.2 Å². The molecule has 0 radical (unpaired) electrons. The quantitative estimate of drug-likeness (QED) is 0.426. The van der Waals surface area contributed by atoms with Crippen molar-refractivity contribution in [2.75, 3.05) is 0 Å². The van der Waals surface area contributed by atoms with E-state index in [0.717, 1.165) is 60.7 Å². The van der Waals surface area contributed by atoms with E-state index in [-0.39, 0.29) is 12.1 Å². The standard InChI is InChI=1S/C21H30O2/c22-19(23-17-4-2-1-3-5-17)9-8-13-10-16-12-18(13)21-15-7-6-14(11-15)20(16)21/h6-7,13-18,20-21H,1-5,8-12H2. The van der Waals surface area contributed by atoms with Gasteiger partial charge < -0.3 is 4.74 Å². The summed E-state index contributed by atoms with van der Waals surface area (Å²) in [5.41, 5.74) is 0. The van der Waals surface area contributed by atoms with Gasteiger partial charge in [0.2, 0.25) is 0 Å². The van der Waals surface area contributed by atoms with Crippen LogP contribution in [0.5, 0.6) is 0 Å². The van der Waals surface area contributed by atoms with E-state index in [4.69, 9.17) is 4.74 Å². The van der Waals surface area contributed by atoms with Crippen LogP contribution in [0.4, 0.5) is 0 Å². The first-order valence-electron chi connectivity index (χ1n) is 10.2. The van der Waals surface area contributed by atoms with Crippen molar-refractivity contribution >= 4 is 5.97 Å². The van der Waals surface area contributed by atoms with Crippen molar-refractivity contribution in [3.63, 3.8) is 0 Å². The summed E-state index contributed by atoms with van der Waals surface area (Å²) in [5.74, 6) is 6.59. The average molecular weight is 314 g/mol. The molecule has 0 saturated heterocycles. The molecular formula is C21H30O2. The van der Waals surface area contributed by atoms with Crippen LogP contribution in [-0.4, -0.2) is 12.1 Å². The first kappa shape index (κ1) is 14.5. The Hall–Kier alpha value is -0.790. The Balaban J connectivity index is 1.14. The SMILES string of the molecule is O=C(CCC1CC2CC1C1C3C=CC(C3)C21)OC1CCCCC1. The summed E-state index contributed by atoms with van der Waals surface area (Å²) in [4.78, 5) is 12.2. The van der Waals surface area contributed by atoms with Gasteiger partial charge in [0.15, 0.2) is 0 Å². The lowest BCUT2D eigenvalue weighted by molar-refractivity contribution is -0.151. The van der Waals surface area contributed by atoms with Crippen LogP contribution >= 0.6 is 0 Å². The molecule has 4 bridgehead atoms. The van der Waals surface area contributed by atoms with Crippen LogP contribution in [0, 0.1) is 41.4 Å². The van der Waals surface area contributed by atoms with Gasteiger partial charge >= 0.3 is 5.97 Å². The molecule has 2 heteroatoms. The number of hydrogen-bond acceptors (Lipinski definition) is 2. The predicted molar refractivity (Wildman–Crippen MR) is 89.6 cm³/mol. The average Bonchev–Trinajstić information content (AvgIpc) is 3.32. The van der Waals surface area contributed by atoms with Crippen molar-refractivity contribution in [2.45, 2.75) is 70.3 Å². The zero-order valence-corrected chi connectivity index (χ0v) is 14.2. The second kappa shape index (κ2) is 5.63. The smallest absolute Gasteiger partial charge is 0.306 e. The zero-order chi connectivity index (χ0) is 15.4. The first-order chi connectivity index (χ1) is 11.3. The van der Waals surface area contributed by atoms with Gasteiger partial charge in [0, 0.05) is 6.42 Å². The maximum atomic E-state index is 12.2. The fourth-order valence-corrected chi connectivity index (χ4v) is 7.22. The minimum atomic E-state index is 0.0871. The van der Waals surface area contributed by atoms with E-state index < -0.39 is 0 Å². The van der Waals surface area contributed by atoms with Crippen molar-refractivity contribution in [3.8, 4) is 0 Å². The largest absolute Gasteiger partial charge is 0.462 e. The molecule has 0 amide bonds. The highest BCUT2D eigenvalue weighted by Crippen LogP contribution is 2.67. The molecule has 2 nitrogen and oxygen atoms in total. The number of carbonyl (C=O) groups is 1. The Bertz CT molecular complexity index is 504. The monoisotopic (exact) mass is 314 g/mol. The molecule has 5 aliphatic carbocycles. The van der Waals surface area contributed by atoms with Gasteiger partial charge in [-0.15, -0.1) is 0 Å². The first-order valence-corrected chi connectivity index (χ1v) is 10.2. The van der Waals surface area contributed by atoms with Crippen LogP contribution in [0.15, 0.2) is 12.2 Å². The van der Waals surface area contributed by atoms with Crippen LogP contribution < -0.4 is 0 Å². The topological polar surface area (TPSA) is 26.3 Å². The van der Waals surface area contributed by atoms with E-state index in [2.05, 4.69) is 12.2 Å². The van der Waals surface area contributed by atoms with E-state index in [0.29, 0.717) is 6.42 Å². The Kier molecular flexibility index (Phi) is 3.56. The molecule has 0 aromatic heterocycles. The maximum Gasteiger partial charge on any atom is 0.306 e. The third-order valence-electron chi connectivity index (χ3n) is 7.98. The third kappa shape index (κ3) is 2.39. The highest BCUT2D eigenvalue weighted by molar-refractivity contribution is 5.69. The van der Waals surface area contributed by atoms with Crippen molar-refractivity contribution < 1.29 is 9.53 Å². The molecular weight excluding hydrogens is 284 g/mol. The lowest BCUT2D eigenvalue weighted by atomic mass is 9.68. The van der Waals surface area contributed by atoms with Crippen molar-refractivity contribution in [2.24, 2.45) is 41.4 Å². The summed E-state index contributed by atoms with van der Waals surface area (Å²) < 4.78 is 5.72. The van der Waals surface area contributed by atoms with Crippen LogP contribution in [0.3, 0.4) is 0 Å². The summed E-state index contributed by atoms with van der Waals surface area (Å²) in [6, 6.07) is 0. The van der Waals surface area contributed by atoms with E-state index in [9.17, 15) is 4.79 Å². The van der Waals surface area contributed by atoms with Gasteiger partial charge in [-0.25, -0.2) is 0 Å². The second-order valence-electron chi connectivity index (χ2n) is 9.05. The van der Waals surface area contributed by atoms with Gasteiger partial charge in [-0.3, -0.25) is 4.79 Å². The maximum absolute atomic E-state index is 12.2. The minimum absolute atomic E-state index is 0.0871. The normalized spacial score (nSPS) is 47.2. The third-order valence-corrected chi connectivity index (χ3v) is 7.98. The number of ether oxygens (including phenoxy) is 1. The van der Waals surface area contributed by atoms with Gasteiger partial charge in [-0.1, -0.05) is 18.6 Å². The molecule has 0 heterocycles. The summed E-state index contributed by atoms with van der Waals surface area (Å²) in [6.45, 7) is 0. The van der Waals surface area contributed by atoms with Gasteiger partial charge in [0.25, 0.3) is 0 Å². The number of allylic oxidation sites excluding steroid dienone is 2. The van der Waals surface area contributed by atoms with E-state index in [1.165, 1.54) is 38.5 Å². The molecule has 7 unspecified atom stereocenters. The molecule has 4 fully saturated rings. The van der Waals surface area contributed by atoms with Gasteiger partial charge in [-0.2, -0.15) is 0 Å². The fraction of sp³-hybridized carbons (Fsp3) is 0.857. The van der Waals surface area contributed by atoms with Crippen LogP contribution in [0.2, 0.25) is 0 Å². The van der Waals surface area contributed by atoms with Crippen molar-refractivity contribution in [1.29, 1.82) is 0 Å².